The summed E-state index contributed by atoms with van der Waals surface area (Å²) in [5.74, 6) is 0. The van der Waals surface area contributed by atoms with E-state index in [1.54, 1.807) is 0 Å². The van der Waals surface area contributed by atoms with Gasteiger partial charge in [-0.3, -0.25) is 0 Å². The molecule has 0 aliphatic carbocycles. The van der Waals surface area contributed by atoms with Gasteiger partial charge < -0.3 is 4.57 Å². The van der Waals surface area contributed by atoms with Crippen molar-refractivity contribution in [2.24, 2.45) is 0 Å². The first kappa shape index (κ1) is 29.0. The van der Waals surface area contributed by atoms with Gasteiger partial charge in [-0.05, 0) is 98.8 Å². The van der Waals surface area contributed by atoms with Gasteiger partial charge in [-0.2, -0.15) is 0 Å². The molecular formula is C48H35N. The summed E-state index contributed by atoms with van der Waals surface area (Å²) in [4.78, 5) is 0. The molecule has 0 aliphatic rings. The first-order valence-electron chi connectivity index (χ1n) is 17.1. The number of fused-ring (bicyclic) bond motifs is 6. The molecule has 1 heteroatoms. The number of allylic oxidation sites excluding steroid dienone is 1. The number of hydrogen-bond acceptors (Lipinski definition) is 0. The van der Waals surface area contributed by atoms with Crippen LogP contribution in [0.3, 0.4) is 0 Å². The lowest BCUT2D eigenvalue weighted by Crippen LogP contribution is -2.00. The van der Waals surface area contributed by atoms with Gasteiger partial charge in [-0.1, -0.05) is 152 Å². The molecule has 0 amide bonds. The van der Waals surface area contributed by atoms with Crippen LogP contribution in [0.5, 0.6) is 0 Å². The molecule has 0 bridgehead atoms. The van der Waals surface area contributed by atoms with E-state index < -0.39 is 0 Å². The second-order valence-corrected chi connectivity index (χ2v) is 12.8. The quantitative estimate of drug-likeness (QED) is 0.168. The van der Waals surface area contributed by atoms with Crippen molar-refractivity contribution < 1.29 is 0 Å². The molecule has 8 aromatic carbocycles. The Hall–Kier alpha value is -6.18. The van der Waals surface area contributed by atoms with Crippen LogP contribution in [0, 0.1) is 6.92 Å². The lowest BCUT2D eigenvalue weighted by Gasteiger charge is -2.22. The summed E-state index contributed by atoms with van der Waals surface area (Å²) in [7, 11) is 0. The van der Waals surface area contributed by atoms with Crippen LogP contribution in [0.4, 0.5) is 0 Å². The second kappa shape index (κ2) is 11.8. The topological polar surface area (TPSA) is 4.93 Å². The van der Waals surface area contributed by atoms with E-state index in [4.69, 9.17) is 0 Å². The molecule has 1 nitrogen and oxygen atoms in total. The Morgan fingerprint density at radius 2 is 0.918 bits per heavy atom. The molecule has 9 rings (SSSR count). The fraction of sp³-hybridized carbons (Fsp3) is 0.0417. The van der Waals surface area contributed by atoms with Crippen LogP contribution in [-0.4, -0.2) is 4.57 Å². The van der Waals surface area contributed by atoms with Crippen molar-refractivity contribution >= 4 is 49.4 Å². The number of rotatable bonds is 5. The maximum Gasteiger partial charge on any atom is 0.0547 e. The fourth-order valence-corrected chi connectivity index (χ4v) is 7.94. The normalized spacial score (nSPS) is 11.8. The van der Waals surface area contributed by atoms with Crippen molar-refractivity contribution in [3.63, 3.8) is 0 Å². The van der Waals surface area contributed by atoms with Crippen molar-refractivity contribution in [1.29, 1.82) is 0 Å². The van der Waals surface area contributed by atoms with Crippen LogP contribution in [0.1, 0.15) is 18.1 Å². The third-order valence-corrected chi connectivity index (χ3v) is 10.1. The maximum atomic E-state index is 2.49. The molecule has 1 aromatic heterocycles. The smallest absolute Gasteiger partial charge is 0.0547 e. The molecule has 0 radical (unpaired) electrons. The van der Waals surface area contributed by atoms with Gasteiger partial charge in [0.1, 0.15) is 0 Å². The Labute approximate surface area is 287 Å². The van der Waals surface area contributed by atoms with Crippen molar-refractivity contribution in [3.8, 4) is 39.1 Å². The predicted molar refractivity (Wildman–Crippen MR) is 212 cm³/mol. The summed E-state index contributed by atoms with van der Waals surface area (Å²) in [5, 5.41) is 7.60. The molecule has 0 saturated heterocycles. The number of nitrogens with zero attached hydrogens (tertiary/aromatic N) is 1. The summed E-state index contributed by atoms with van der Waals surface area (Å²) in [6.45, 7) is 4.44. The van der Waals surface area contributed by atoms with E-state index in [-0.39, 0.29) is 0 Å². The summed E-state index contributed by atoms with van der Waals surface area (Å²) >= 11 is 0. The Morgan fingerprint density at radius 1 is 0.429 bits per heavy atom. The minimum atomic E-state index is 1.19. The number of aromatic nitrogens is 1. The monoisotopic (exact) mass is 625 g/mol. The Bertz CT molecular complexity index is 2640. The highest BCUT2D eigenvalue weighted by molar-refractivity contribution is 6.22. The SMILES string of the molecule is C/C=C\c1c(-c2ccccc2)cc(-n2c3ccccc3c3ccccc32)c2ccc3c(-c4ccccc4)cc(-c4ccccc4)c(C)c3c12. The van der Waals surface area contributed by atoms with Crippen LogP contribution in [0.15, 0.2) is 170 Å². The maximum absolute atomic E-state index is 2.49. The lowest BCUT2D eigenvalue weighted by atomic mass is 9.83. The Balaban J connectivity index is 1.54. The average molecular weight is 626 g/mol. The third-order valence-electron chi connectivity index (χ3n) is 10.1. The molecule has 1 heterocycles. The molecular weight excluding hydrogens is 591 g/mol. The van der Waals surface area contributed by atoms with Crippen molar-refractivity contribution in [1.82, 2.24) is 4.57 Å². The highest BCUT2D eigenvalue weighted by Crippen LogP contribution is 2.46. The molecule has 0 spiro atoms. The van der Waals surface area contributed by atoms with Crippen LogP contribution in [-0.2, 0) is 0 Å². The molecule has 9 aromatic rings. The number of para-hydroxylation sites is 2. The molecule has 49 heavy (non-hydrogen) atoms. The van der Waals surface area contributed by atoms with Crippen LogP contribution >= 0.6 is 0 Å². The largest absolute Gasteiger partial charge is 0.309 e. The molecule has 0 unspecified atom stereocenters. The standard InChI is InChI=1S/C48H35N/c1-3-17-38-43(35-22-11-6-12-23-35)31-46(49-44-26-15-13-24-36(44)37-25-14-16-27-45(37)49)40-29-28-39-42(34-20-9-5-10-21-34)30-41(32(2)47(39)48(38)40)33-18-7-4-8-19-33/h3-31H,1-2H3/b17-3-. The number of benzene rings is 8. The van der Waals surface area contributed by atoms with Crippen LogP contribution in [0.2, 0.25) is 0 Å². The number of hydrogen-bond donors (Lipinski definition) is 0. The Kier molecular flexibility index (Phi) is 6.99. The van der Waals surface area contributed by atoms with Gasteiger partial charge in [-0.25, -0.2) is 0 Å². The minimum absolute atomic E-state index is 1.19. The molecule has 0 saturated carbocycles. The lowest BCUT2D eigenvalue weighted by molar-refractivity contribution is 1.20. The molecule has 0 N–H and O–H groups in total. The summed E-state index contributed by atoms with van der Waals surface area (Å²) in [6, 6.07) is 59.8. The highest BCUT2D eigenvalue weighted by Gasteiger charge is 2.22. The second-order valence-electron chi connectivity index (χ2n) is 12.8. The zero-order valence-corrected chi connectivity index (χ0v) is 27.7. The van der Waals surface area contributed by atoms with Crippen LogP contribution < -0.4 is 0 Å². The Morgan fingerprint density at radius 3 is 1.49 bits per heavy atom. The zero-order chi connectivity index (χ0) is 32.9. The van der Waals surface area contributed by atoms with Gasteiger partial charge in [0, 0.05) is 16.2 Å². The number of aryl methyl sites for hydroxylation is 1. The fourth-order valence-electron chi connectivity index (χ4n) is 7.94. The van der Waals surface area contributed by atoms with Gasteiger partial charge in [0.25, 0.3) is 0 Å². The first-order chi connectivity index (χ1) is 24.2. The molecule has 0 fully saturated rings. The average Bonchev–Trinajstić information content (AvgIpc) is 3.50. The van der Waals surface area contributed by atoms with E-state index >= 15 is 0 Å². The van der Waals surface area contributed by atoms with Crippen molar-refractivity contribution in [3.05, 3.63) is 181 Å². The van der Waals surface area contributed by atoms with Crippen LogP contribution in [0.25, 0.3) is 88.5 Å². The summed E-state index contributed by atoms with van der Waals surface area (Å²) in [6.07, 6.45) is 4.51. The summed E-state index contributed by atoms with van der Waals surface area (Å²) in [5.41, 5.74) is 13.5. The van der Waals surface area contributed by atoms with Gasteiger partial charge in [0.15, 0.2) is 0 Å². The van der Waals surface area contributed by atoms with E-state index in [9.17, 15) is 0 Å². The van der Waals surface area contributed by atoms with Gasteiger partial charge in [-0.15, -0.1) is 0 Å². The van der Waals surface area contributed by atoms with Crippen molar-refractivity contribution in [2.75, 3.05) is 0 Å². The van der Waals surface area contributed by atoms with E-state index in [2.05, 4.69) is 194 Å². The van der Waals surface area contributed by atoms with E-state index in [0.717, 1.165) is 0 Å². The zero-order valence-electron chi connectivity index (χ0n) is 27.7. The van der Waals surface area contributed by atoms with E-state index in [1.807, 2.05) is 0 Å². The van der Waals surface area contributed by atoms with Gasteiger partial charge in [0.2, 0.25) is 0 Å². The highest BCUT2D eigenvalue weighted by atomic mass is 15.0. The van der Waals surface area contributed by atoms with E-state index in [0.29, 0.717) is 0 Å². The van der Waals surface area contributed by atoms with Gasteiger partial charge in [0.05, 0.1) is 16.7 Å². The van der Waals surface area contributed by atoms with Crippen molar-refractivity contribution in [2.45, 2.75) is 13.8 Å². The minimum Gasteiger partial charge on any atom is -0.309 e. The predicted octanol–water partition coefficient (Wildman–Crippen LogP) is 13.4. The summed E-state index contributed by atoms with van der Waals surface area (Å²) < 4.78 is 2.49. The van der Waals surface area contributed by atoms with E-state index in [1.165, 1.54) is 93.5 Å². The van der Waals surface area contributed by atoms with Gasteiger partial charge >= 0.3 is 0 Å². The molecule has 0 atom stereocenters. The molecule has 232 valence electrons. The third kappa shape index (κ3) is 4.62. The first-order valence-corrected chi connectivity index (χ1v) is 17.1. The molecule has 0 aliphatic heterocycles.